The molecule has 5 rings (SSSR count). The topological polar surface area (TPSA) is 94.4 Å². The number of aliphatic hydroxyl groups is 1. The van der Waals surface area contributed by atoms with Gasteiger partial charge in [-0.2, -0.15) is 0 Å². The van der Waals surface area contributed by atoms with E-state index in [2.05, 4.69) is 29.3 Å². The summed E-state index contributed by atoms with van der Waals surface area (Å²) in [5.74, 6) is -0.440. The van der Waals surface area contributed by atoms with Crippen molar-refractivity contribution < 1.29 is 28.9 Å². The Hall–Kier alpha value is -4.82. The predicted molar refractivity (Wildman–Crippen MR) is 171 cm³/mol. The largest absolute Gasteiger partial charge is 0.506 e. The van der Waals surface area contributed by atoms with E-state index < -0.39 is 11.9 Å². The molecule has 1 amide bonds. The number of aryl methyl sites for hydroxylation is 1. The molecular weight excluding hydrogens is 562 g/mol. The third kappa shape index (κ3) is 6.81. The van der Waals surface area contributed by atoms with Gasteiger partial charge in [0, 0.05) is 5.56 Å². The minimum atomic E-state index is -0.750. The van der Waals surface area contributed by atoms with E-state index in [0.717, 1.165) is 28.3 Å². The lowest BCUT2D eigenvalue weighted by Gasteiger charge is -2.13. The van der Waals surface area contributed by atoms with Crippen LogP contribution in [-0.2, 0) is 16.1 Å². The lowest BCUT2D eigenvalue weighted by Crippen LogP contribution is -2.14. The van der Waals surface area contributed by atoms with Crippen LogP contribution in [0.15, 0.2) is 106 Å². The predicted octanol–water partition coefficient (Wildman–Crippen LogP) is 7.83. The maximum absolute atomic E-state index is 13.0. The smallest absolute Gasteiger partial charge is 0.344 e. The molecule has 4 aromatic carbocycles. The summed E-state index contributed by atoms with van der Waals surface area (Å²) in [6.07, 6.45) is 1.70. The van der Waals surface area contributed by atoms with Gasteiger partial charge in [-0.3, -0.25) is 4.79 Å². The highest BCUT2D eigenvalue weighted by atomic mass is 32.2. The van der Waals surface area contributed by atoms with Crippen LogP contribution in [0.3, 0.4) is 0 Å². The van der Waals surface area contributed by atoms with Crippen LogP contribution in [-0.4, -0.2) is 35.2 Å². The normalized spacial score (nSPS) is 14.9. The number of hydrogen-bond donors (Lipinski definition) is 1. The molecule has 4 aromatic rings. The van der Waals surface area contributed by atoms with Gasteiger partial charge in [-0.15, -0.1) is 0 Å². The quantitative estimate of drug-likeness (QED) is 0.198. The Morgan fingerprint density at radius 3 is 2.40 bits per heavy atom. The van der Waals surface area contributed by atoms with Gasteiger partial charge in [0.25, 0.3) is 5.91 Å². The first kappa shape index (κ1) is 29.7. The van der Waals surface area contributed by atoms with Crippen LogP contribution in [0.25, 0.3) is 16.8 Å². The van der Waals surface area contributed by atoms with Crippen molar-refractivity contribution in [3.63, 3.8) is 0 Å². The van der Waals surface area contributed by atoms with Crippen LogP contribution >= 0.6 is 11.8 Å². The molecule has 0 fully saturated rings. The second-order valence-electron chi connectivity index (χ2n) is 9.70. The first-order chi connectivity index (χ1) is 20.9. The molecule has 1 heterocycles. The number of benzene rings is 4. The van der Waals surface area contributed by atoms with E-state index >= 15 is 0 Å². The maximum atomic E-state index is 13.0. The van der Waals surface area contributed by atoms with Gasteiger partial charge in [-0.1, -0.05) is 72.4 Å². The lowest BCUT2D eigenvalue weighted by molar-refractivity contribution is -0.138. The van der Waals surface area contributed by atoms with Crippen LogP contribution in [0.5, 0.6) is 11.5 Å². The summed E-state index contributed by atoms with van der Waals surface area (Å²) >= 11 is 1.03. The average Bonchev–Trinajstić information content (AvgIpc) is 3.30. The SMILES string of the molecule is CCOC(=O)C1=C(O)/C(=C/c2ccc(OCc3ccc4ccccc4c3)c(OCC)c2)SC1=NC(=O)c1ccccc1C. The Balaban J connectivity index is 1.42. The molecule has 218 valence electrons. The summed E-state index contributed by atoms with van der Waals surface area (Å²) in [5, 5.41) is 13.5. The first-order valence-electron chi connectivity index (χ1n) is 13.9. The molecule has 0 spiro atoms. The van der Waals surface area contributed by atoms with Crippen LogP contribution < -0.4 is 9.47 Å². The molecule has 0 unspecified atom stereocenters. The van der Waals surface area contributed by atoms with E-state index in [9.17, 15) is 14.7 Å². The molecule has 0 atom stereocenters. The number of rotatable bonds is 9. The number of thioether (sulfide) groups is 1. The molecule has 0 aromatic heterocycles. The minimum Gasteiger partial charge on any atom is -0.506 e. The molecular formula is C35H31NO6S. The van der Waals surface area contributed by atoms with Crippen molar-refractivity contribution in [1.29, 1.82) is 0 Å². The number of fused-ring (bicyclic) bond motifs is 1. The Bertz CT molecular complexity index is 1790. The van der Waals surface area contributed by atoms with E-state index in [1.165, 1.54) is 5.39 Å². The highest BCUT2D eigenvalue weighted by Gasteiger charge is 2.34. The fourth-order valence-corrected chi connectivity index (χ4v) is 5.61. The van der Waals surface area contributed by atoms with Gasteiger partial charge in [0.1, 0.15) is 23.0 Å². The summed E-state index contributed by atoms with van der Waals surface area (Å²) in [6, 6.07) is 26.9. The summed E-state index contributed by atoms with van der Waals surface area (Å²) < 4.78 is 17.2. The van der Waals surface area contributed by atoms with Crippen LogP contribution in [0.1, 0.15) is 40.9 Å². The number of esters is 1. The minimum absolute atomic E-state index is 0.0795. The third-order valence-corrected chi connectivity index (χ3v) is 7.74. The van der Waals surface area contributed by atoms with Gasteiger partial charge in [0.2, 0.25) is 0 Å². The van der Waals surface area contributed by atoms with E-state index in [-0.39, 0.29) is 23.0 Å². The Morgan fingerprint density at radius 1 is 0.860 bits per heavy atom. The highest BCUT2D eigenvalue weighted by Crippen LogP contribution is 2.40. The molecule has 1 N–H and O–H groups in total. The number of aliphatic imine (C=N–C) groups is 1. The number of carbonyl (C=O) groups excluding carboxylic acids is 2. The van der Waals surface area contributed by atoms with Gasteiger partial charge in [0.15, 0.2) is 11.5 Å². The molecule has 0 saturated heterocycles. The van der Waals surface area contributed by atoms with E-state index in [4.69, 9.17) is 14.2 Å². The van der Waals surface area contributed by atoms with E-state index in [1.807, 2.05) is 56.3 Å². The molecule has 7 nitrogen and oxygen atoms in total. The van der Waals surface area contributed by atoms with Crippen LogP contribution in [0, 0.1) is 6.92 Å². The molecule has 1 aliphatic heterocycles. The van der Waals surface area contributed by atoms with Crippen molar-refractivity contribution in [3.05, 3.63) is 123 Å². The van der Waals surface area contributed by atoms with Gasteiger partial charge in [-0.25, -0.2) is 9.79 Å². The Labute approximate surface area is 254 Å². The number of aliphatic hydroxyl groups excluding tert-OH is 1. The molecule has 8 heteroatoms. The zero-order valence-corrected chi connectivity index (χ0v) is 24.9. The van der Waals surface area contributed by atoms with Crippen LogP contribution in [0.2, 0.25) is 0 Å². The van der Waals surface area contributed by atoms with Gasteiger partial charge in [-0.05, 0) is 78.6 Å². The van der Waals surface area contributed by atoms with Crippen molar-refractivity contribution in [2.45, 2.75) is 27.4 Å². The maximum Gasteiger partial charge on any atom is 0.344 e. The summed E-state index contributed by atoms with van der Waals surface area (Å²) in [7, 11) is 0. The molecule has 0 saturated carbocycles. The van der Waals surface area contributed by atoms with Crippen molar-refractivity contribution in [1.82, 2.24) is 0 Å². The molecule has 0 radical (unpaired) electrons. The second-order valence-corrected chi connectivity index (χ2v) is 10.7. The average molecular weight is 594 g/mol. The standard InChI is InChI=1S/C35H31NO6S/c1-4-40-29-19-23(15-17-28(29)42-21-24-14-16-25-11-7-8-12-26(25)18-24)20-30-32(37)31(35(39)41-5-2)34(43-30)36-33(38)27-13-9-6-10-22(27)3/h6-20,37H,4-5,21H2,1-3H3/b30-20-,36-34?. The number of carbonyl (C=O) groups is 2. The number of hydrogen-bond acceptors (Lipinski definition) is 7. The zero-order valence-electron chi connectivity index (χ0n) is 24.1. The molecule has 0 aliphatic carbocycles. The van der Waals surface area contributed by atoms with Gasteiger partial charge >= 0.3 is 5.97 Å². The number of amides is 1. The molecule has 1 aliphatic rings. The van der Waals surface area contributed by atoms with E-state index in [0.29, 0.717) is 40.7 Å². The molecule has 43 heavy (non-hydrogen) atoms. The van der Waals surface area contributed by atoms with Gasteiger partial charge in [0.05, 0.1) is 18.1 Å². The fraction of sp³-hybridized carbons (Fsp3) is 0.171. The van der Waals surface area contributed by atoms with Gasteiger partial charge < -0.3 is 19.3 Å². The van der Waals surface area contributed by atoms with Crippen LogP contribution in [0.4, 0.5) is 0 Å². The fourth-order valence-electron chi connectivity index (χ4n) is 4.60. The van der Waals surface area contributed by atoms with Crippen molar-refractivity contribution in [2.75, 3.05) is 13.2 Å². The van der Waals surface area contributed by atoms with E-state index in [1.54, 1.807) is 31.2 Å². The Morgan fingerprint density at radius 2 is 1.63 bits per heavy atom. The second kappa shape index (κ2) is 13.4. The summed E-state index contributed by atoms with van der Waals surface area (Å²) in [5.41, 5.74) is 2.76. The monoisotopic (exact) mass is 593 g/mol. The number of ether oxygens (including phenoxy) is 3. The van der Waals surface area contributed by atoms with Crippen molar-refractivity contribution in [3.8, 4) is 11.5 Å². The summed E-state index contributed by atoms with van der Waals surface area (Å²) in [6.45, 7) is 6.27. The lowest BCUT2D eigenvalue weighted by atomic mass is 10.1. The zero-order chi connectivity index (χ0) is 30.3. The highest BCUT2D eigenvalue weighted by molar-refractivity contribution is 8.18. The first-order valence-corrected chi connectivity index (χ1v) is 14.8. The number of nitrogens with zero attached hydrogens (tertiary/aromatic N) is 1. The Kier molecular flexibility index (Phi) is 9.27. The molecule has 0 bridgehead atoms. The van der Waals surface area contributed by atoms with Crippen molar-refractivity contribution >= 4 is 45.5 Å². The summed E-state index contributed by atoms with van der Waals surface area (Å²) in [4.78, 5) is 30.3. The van der Waals surface area contributed by atoms with Crippen molar-refractivity contribution in [2.24, 2.45) is 4.99 Å². The third-order valence-electron chi connectivity index (χ3n) is 6.72.